The van der Waals surface area contributed by atoms with E-state index in [-0.39, 0.29) is 34.9 Å². The van der Waals surface area contributed by atoms with Crippen LogP contribution in [0.3, 0.4) is 0 Å². The maximum atomic E-state index is 12.6. The summed E-state index contributed by atoms with van der Waals surface area (Å²) in [4.78, 5) is 37.6. The van der Waals surface area contributed by atoms with Gasteiger partial charge in [0.15, 0.2) is 0 Å². The van der Waals surface area contributed by atoms with Gasteiger partial charge in [-0.25, -0.2) is 13.1 Å². The second-order valence-corrected chi connectivity index (χ2v) is 8.81. The van der Waals surface area contributed by atoms with Gasteiger partial charge in [-0.15, -0.1) is 0 Å². The summed E-state index contributed by atoms with van der Waals surface area (Å²) in [6.07, 6.45) is 0. The fraction of sp³-hybridized carbons (Fsp3) is 0.286. The number of imide groups is 1. The van der Waals surface area contributed by atoms with Crippen molar-refractivity contribution in [1.82, 2.24) is 14.9 Å². The highest BCUT2D eigenvalue weighted by Gasteiger charge is 2.36. The van der Waals surface area contributed by atoms with Gasteiger partial charge in [0.25, 0.3) is 11.8 Å². The Morgan fingerprint density at radius 1 is 1.00 bits per heavy atom. The van der Waals surface area contributed by atoms with E-state index >= 15 is 0 Å². The molecule has 2 aromatic rings. The lowest BCUT2D eigenvalue weighted by Gasteiger charge is -2.15. The molecule has 10 heteroatoms. The number of fused-ring (bicyclic) bond motifs is 1. The zero-order valence-corrected chi connectivity index (χ0v) is 18.2. The average molecular weight is 445 g/mol. The van der Waals surface area contributed by atoms with E-state index in [1.54, 1.807) is 25.1 Å². The molecule has 0 spiro atoms. The largest absolute Gasteiger partial charge is 0.495 e. The fourth-order valence-electron chi connectivity index (χ4n) is 3.18. The van der Waals surface area contributed by atoms with Crippen LogP contribution >= 0.6 is 0 Å². The molecule has 3 amide bonds. The number of ether oxygens (including phenoxy) is 1. The lowest BCUT2D eigenvalue weighted by atomic mass is 10.1. The summed E-state index contributed by atoms with van der Waals surface area (Å²) in [6.45, 7) is 3.11. The zero-order chi connectivity index (χ0) is 22.8. The first-order valence-corrected chi connectivity index (χ1v) is 11.0. The van der Waals surface area contributed by atoms with Crippen molar-refractivity contribution in [3.63, 3.8) is 0 Å². The number of sulfonamides is 1. The standard InChI is InChI=1S/C21H23N3O6S/c1-13-10-17(30-3)18(11-14(13)2)31(28,29)23-9-8-22-19(25)12-24-20(26)15-6-4-5-7-16(15)21(24)27/h4-7,10-11,23H,8-9,12H2,1-3H3,(H,22,25). The minimum absolute atomic E-state index is 0.00968. The van der Waals surface area contributed by atoms with Crippen molar-refractivity contribution in [2.75, 3.05) is 26.7 Å². The van der Waals surface area contributed by atoms with Crippen LogP contribution in [0.15, 0.2) is 41.3 Å². The summed E-state index contributed by atoms with van der Waals surface area (Å²) >= 11 is 0. The van der Waals surface area contributed by atoms with Crippen LogP contribution in [0.2, 0.25) is 0 Å². The van der Waals surface area contributed by atoms with Gasteiger partial charge in [-0.05, 0) is 49.2 Å². The maximum Gasteiger partial charge on any atom is 0.262 e. The van der Waals surface area contributed by atoms with Crippen LogP contribution in [0.5, 0.6) is 5.75 Å². The fourth-order valence-corrected chi connectivity index (χ4v) is 4.45. The average Bonchev–Trinajstić information content (AvgIpc) is 2.98. The van der Waals surface area contributed by atoms with E-state index in [1.165, 1.54) is 25.3 Å². The monoisotopic (exact) mass is 445 g/mol. The van der Waals surface area contributed by atoms with Crippen molar-refractivity contribution >= 4 is 27.7 Å². The van der Waals surface area contributed by atoms with E-state index in [9.17, 15) is 22.8 Å². The number of benzene rings is 2. The van der Waals surface area contributed by atoms with E-state index in [1.807, 2.05) is 6.92 Å². The predicted octanol–water partition coefficient (Wildman–Crippen LogP) is 1.00. The van der Waals surface area contributed by atoms with Gasteiger partial charge < -0.3 is 10.1 Å². The summed E-state index contributed by atoms with van der Waals surface area (Å²) < 4.78 is 32.8. The normalized spacial score (nSPS) is 13.3. The van der Waals surface area contributed by atoms with Gasteiger partial charge in [0.05, 0.1) is 18.2 Å². The number of nitrogens with zero attached hydrogens (tertiary/aromatic N) is 1. The third-order valence-electron chi connectivity index (χ3n) is 4.99. The van der Waals surface area contributed by atoms with E-state index < -0.39 is 34.3 Å². The second-order valence-electron chi connectivity index (χ2n) is 7.08. The minimum Gasteiger partial charge on any atom is -0.495 e. The topological polar surface area (TPSA) is 122 Å². The summed E-state index contributed by atoms with van der Waals surface area (Å²) in [6, 6.07) is 9.52. The van der Waals surface area contributed by atoms with Gasteiger partial charge >= 0.3 is 0 Å². The van der Waals surface area contributed by atoms with Gasteiger partial charge in [0.1, 0.15) is 17.2 Å². The molecule has 0 radical (unpaired) electrons. The number of hydrogen-bond acceptors (Lipinski definition) is 6. The van der Waals surface area contributed by atoms with Gasteiger partial charge in [-0.1, -0.05) is 12.1 Å². The molecule has 0 fully saturated rings. The SMILES string of the molecule is COc1cc(C)c(C)cc1S(=O)(=O)NCCNC(=O)CN1C(=O)c2ccccc2C1=O. The molecule has 164 valence electrons. The first-order valence-electron chi connectivity index (χ1n) is 9.52. The Morgan fingerprint density at radius 2 is 1.58 bits per heavy atom. The Labute approximate surface area is 180 Å². The molecule has 0 atom stereocenters. The van der Waals surface area contributed by atoms with E-state index in [2.05, 4.69) is 10.0 Å². The Hall–Kier alpha value is -3.24. The predicted molar refractivity (Wildman–Crippen MR) is 112 cm³/mol. The molecule has 0 aliphatic carbocycles. The first kappa shape index (κ1) is 22.4. The smallest absolute Gasteiger partial charge is 0.262 e. The number of hydrogen-bond donors (Lipinski definition) is 2. The van der Waals surface area contributed by atoms with Crippen molar-refractivity contribution in [3.05, 3.63) is 58.7 Å². The maximum absolute atomic E-state index is 12.6. The molecule has 2 N–H and O–H groups in total. The Balaban J connectivity index is 1.54. The Kier molecular flexibility index (Phi) is 6.42. The van der Waals surface area contributed by atoms with Gasteiger partial charge in [-0.3, -0.25) is 19.3 Å². The quantitative estimate of drug-likeness (QED) is 0.462. The number of methoxy groups -OCH3 is 1. The molecule has 9 nitrogen and oxygen atoms in total. The van der Waals surface area contributed by atoms with Crippen LogP contribution in [-0.2, 0) is 14.8 Å². The molecule has 1 aliphatic heterocycles. The molecule has 1 aliphatic rings. The van der Waals surface area contributed by atoms with E-state index in [0.29, 0.717) is 0 Å². The van der Waals surface area contributed by atoms with Gasteiger partial charge in [-0.2, -0.15) is 0 Å². The van der Waals surface area contributed by atoms with Crippen molar-refractivity contribution in [1.29, 1.82) is 0 Å². The molecule has 0 saturated heterocycles. The van der Waals surface area contributed by atoms with Gasteiger partial charge in [0, 0.05) is 13.1 Å². The van der Waals surface area contributed by atoms with Crippen LogP contribution in [0.25, 0.3) is 0 Å². The Bertz CT molecular complexity index is 1120. The van der Waals surface area contributed by atoms with E-state index in [4.69, 9.17) is 4.74 Å². The molecule has 0 bridgehead atoms. The third-order valence-corrected chi connectivity index (χ3v) is 6.47. The molecule has 0 unspecified atom stereocenters. The highest BCUT2D eigenvalue weighted by atomic mass is 32.2. The summed E-state index contributed by atoms with van der Waals surface area (Å²) in [5, 5.41) is 2.51. The zero-order valence-electron chi connectivity index (χ0n) is 17.4. The molecule has 0 aromatic heterocycles. The van der Waals surface area contributed by atoms with Crippen molar-refractivity contribution in [2.24, 2.45) is 0 Å². The highest BCUT2D eigenvalue weighted by Crippen LogP contribution is 2.27. The number of amides is 3. The number of carbonyl (C=O) groups excluding carboxylic acids is 3. The summed E-state index contributed by atoms with van der Waals surface area (Å²) in [5.74, 6) is -1.40. The lowest BCUT2D eigenvalue weighted by molar-refractivity contribution is -0.121. The molecule has 1 heterocycles. The first-order chi connectivity index (χ1) is 14.7. The molecule has 0 saturated carbocycles. The molecular formula is C21H23N3O6S. The van der Waals surface area contributed by atoms with Crippen molar-refractivity contribution in [3.8, 4) is 5.75 Å². The van der Waals surface area contributed by atoms with Gasteiger partial charge in [0.2, 0.25) is 15.9 Å². The van der Waals surface area contributed by atoms with Crippen LogP contribution in [-0.4, -0.2) is 57.8 Å². The molecule has 2 aromatic carbocycles. The van der Waals surface area contributed by atoms with Crippen LogP contribution < -0.4 is 14.8 Å². The molecule has 31 heavy (non-hydrogen) atoms. The number of carbonyl (C=O) groups is 3. The minimum atomic E-state index is -3.86. The van der Waals surface area contributed by atoms with Crippen LogP contribution in [0.1, 0.15) is 31.8 Å². The number of nitrogens with one attached hydrogen (secondary N) is 2. The van der Waals surface area contributed by atoms with Crippen LogP contribution in [0.4, 0.5) is 0 Å². The van der Waals surface area contributed by atoms with Crippen LogP contribution in [0, 0.1) is 13.8 Å². The third kappa shape index (κ3) is 4.59. The summed E-state index contributed by atoms with van der Waals surface area (Å²) in [5.41, 5.74) is 2.22. The Morgan fingerprint density at radius 3 is 2.16 bits per heavy atom. The number of aryl methyl sites for hydroxylation is 2. The summed E-state index contributed by atoms with van der Waals surface area (Å²) in [7, 11) is -2.47. The number of rotatable bonds is 8. The van der Waals surface area contributed by atoms with E-state index in [0.717, 1.165) is 16.0 Å². The highest BCUT2D eigenvalue weighted by molar-refractivity contribution is 7.89. The van der Waals surface area contributed by atoms with Crippen molar-refractivity contribution < 1.29 is 27.5 Å². The molecular weight excluding hydrogens is 422 g/mol. The molecule has 3 rings (SSSR count). The second kappa shape index (κ2) is 8.86. The van der Waals surface area contributed by atoms with Crippen molar-refractivity contribution in [2.45, 2.75) is 18.7 Å². The lowest BCUT2D eigenvalue weighted by Crippen LogP contribution is -2.42.